The Labute approximate surface area is 110 Å². The molecule has 0 radical (unpaired) electrons. The van der Waals surface area contributed by atoms with E-state index >= 15 is 0 Å². The molecule has 0 aliphatic carbocycles. The minimum Gasteiger partial charge on any atom is -0.377 e. The summed E-state index contributed by atoms with van der Waals surface area (Å²) in [6.45, 7) is 11.8. The fourth-order valence-electron chi connectivity index (χ4n) is 1.47. The first-order chi connectivity index (χ1) is 8.74. The number of aldehydes is 1. The van der Waals surface area contributed by atoms with Crippen molar-refractivity contribution in [3.8, 4) is 0 Å². The fourth-order valence-corrected chi connectivity index (χ4v) is 1.47. The number of hydrogen-bond acceptors (Lipinski definition) is 4. The second-order valence-electron chi connectivity index (χ2n) is 4.14. The minimum absolute atomic E-state index is 0.102. The highest BCUT2D eigenvalue weighted by Crippen LogP contribution is 2.24. The minimum atomic E-state index is -0.227. The Morgan fingerprint density at radius 2 is 1.39 bits per heavy atom. The highest BCUT2D eigenvalue weighted by Gasteiger charge is 2.29. The van der Waals surface area contributed by atoms with E-state index in [9.17, 15) is 4.79 Å². The molecule has 18 heavy (non-hydrogen) atoms. The van der Waals surface area contributed by atoms with E-state index in [0.29, 0.717) is 33.0 Å². The molecule has 0 bridgehead atoms. The van der Waals surface area contributed by atoms with Gasteiger partial charge >= 0.3 is 0 Å². The van der Waals surface area contributed by atoms with E-state index in [2.05, 4.69) is 20.1 Å². The van der Waals surface area contributed by atoms with Gasteiger partial charge in [-0.25, -0.2) is 0 Å². The summed E-state index contributed by atoms with van der Waals surface area (Å²) in [6.07, 6.45) is 5.00. The van der Waals surface area contributed by atoms with Crippen LogP contribution in [0.5, 0.6) is 0 Å². The SMILES string of the molecule is C=CCOCC(CC)(COCC=C)COCC=O. The van der Waals surface area contributed by atoms with Crippen LogP contribution < -0.4 is 0 Å². The van der Waals surface area contributed by atoms with E-state index in [1.807, 2.05) is 0 Å². The van der Waals surface area contributed by atoms with Gasteiger partial charge in [0.25, 0.3) is 0 Å². The first-order valence-electron chi connectivity index (χ1n) is 6.13. The molecule has 0 unspecified atom stereocenters. The maximum absolute atomic E-state index is 10.3. The Balaban J connectivity index is 4.32. The summed E-state index contributed by atoms with van der Waals surface area (Å²) in [5, 5.41) is 0. The lowest BCUT2D eigenvalue weighted by Gasteiger charge is -2.31. The van der Waals surface area contributed by atoms with Crippen LogP contribution in [0.4, 0.5) is 0 Å². The van der Waals surface area contributed by atoms with Gasteiger partial charge in [-0.3, -0.25) is 0 Å². The Bertz CT molecular complexity index is 202. The van der Waals surface area contributed by atoms with Crippen LogP contribution in [0.15, 0.2) is 25.3 Å². The topological polar surface area (TPSA) is 44.8 Å². The molecule has 0 saturated heterocycles. The predicted octanol–water partition coefficient (Wildman–Crippen LogP) is 2.00. The molecule has 4 nitrogen and oxygen atoms in total. The number of rotatable bonds is 13. The summed E-state index contributed by atoms with van der Waals surface area (Å²) in [5.74, 6) is 0. The van der Waals surface area contributed by atoms with E-state index in [0.717, 1.165) is 12.7 Å². The van der Waals surface area contributed by atoms with E-state index < -0.39 is 0 Å². The van der Waals surface area contributed by atoms with Gasteiger partial charge in [-0.15, -0.1) is 13.2 Å². The second-order valence-corrected chi connectivity index (χ2v) is 4.14. The van der Waals surface area contributed by atoms with Gasteiger partial charge in [0.2, 0.25) is 0 Å². The molecule has 0 N–H and O–H groups in total. The number of ether oxygens (including phenoxy) is 3. The van der Waals surface area contributed by atoms with Crippen LogP contribution in [0.2, 0.25) is 0 Å². The van der Waals surface area contributed by atoms with Gasteiger partial charge in [-0.1, -0.05) is 19.1 Å². The number of carbonyl (C=O) groups excluding carboxylic acids is 1. The van der Waals surface area contributed by atoms with E-state index in [1.54, 1.807) is 12.2 Å². The predicted molar refractivity (Wildman–Crippen MR) is 71.6 cm³/mol. The van der Waals surface area contributed by atoms with Gasteiger partial charge in [-0.2, -0.15) is 0 Å². The van der Waals surface area contributed by atoms with Crippen molar-refractivity contribution >= 4 is 6.29 Å². The molecule has 0 aromatic heterocycles. The first-order valence-corrected chi connectivity index (χ1v) is 6.13. The first kappa shape index (κ1) is 17.0. The second kappa shape index (κ2) is 11.1. The van der Waals surface area contributed by atoms with Crippen molar-refractivity contribution in [1.82, 2.24) is 0 Å². The fraction of sp³-hybridized carbons (Fsp3) is 0.643. The summed E-state index contributed by atoms with van der Waals surface area (Å²) >= 11 is 0. The summed E-state index contributed by atoms with van der Waals surface area (Å²) < 4.78 is 16.3. The summed E-state index contributed by atoms with van der Waals surface area (Å²) in [4.78, 5) is 10.3. The maximum Gasteiger partial charge on any atom is 0.145 e. The number of carbonyl (C=O) groups is 1. The molecule has 0 spiro atoms. The monoisotopic (exact) mass is 256 g/mol. The highest BCUT2D eigenvalue weighted by molar-refractivity contribution is 5.50. The molecule has 0 fully saturated rings. The molecule has 0 aliphatic rings. The normalized spacial score (nSPS) is 11.2. The van der Waals surface area contributed by atoms with Crippen molar-refractivity contribution in [2.45, 2.75) is 13.3 Å². The standard InChI is InChI=1S/C14H24O4/c1-4-8-16-11-14(6-3,12-17-9-5-2)13-18-10-7-15/h4-5,7H,1-2,6,8-13H2,3H3. The summed E-state index contributed by atoms with van der Waals surface area (Å²) in [7, 11) is 0. The average Bonchev–Trinajstić information content (AvgIpc) is 2.39. The molecule has 0 saturated carbocycles. The van der Waals surface area contributed by atoms with Gasteiger partial charge in [0.15, 0.2) is 0 Å². The molecule has 0 aliphatic heterocycles. The van der Waals surface area contributed by atoms with E-state index in [-0.39, 0.29) is 12.0 Å². The van der Waals surface area contributed by atoms with Gasteiger partial charge in [-0.05, 0) is 6.42 Å². The highest BCUT2D eigenvalue weighted by atomic mass is 16.5. The summed E-state index contributed by atoms with van der Waals surface area (Å²) in [5.41, 5.74) is -0.227. The van der Waals surface area contributed by atoms with Crippen molar-refractivity contribution in [2.75, 3.05) is 39.6 Å². The van der Waals surface area contributed by atoms with Crippen molar-refractivity contribution < 1.29 is 19.0 Å². The van der Waals surface area contributed by atoms with Crippen molar-refractivity contribution in [1.29, 1.82) is 0 Å². The molecule has 4 heteroatoms. The molecule has 0 aromatic rings. The molecule has 0 rings (SSSR count). The summed E-state index contributed by atoms with van der Waals surface area (Å²) in [6, 6.07) is 0. The number of hydrogen-bond donors (Lipinski definition) is 0. The van der Waals surface area contributed by atoms with Gasteiger partial charge in [0.1, 0.15) is 12.9 Å². The van der Waals surface area contributed by atoms with Crippen LogP contribution in [-0.2, 0) is 19.0 Å². The van der Waals surface area contributed by atoms with Crippen LogP contribution in [0, 0.1) is 5.41 Å². The van der Waals surface area contributed by atoms with E-state index in [4.69, 9.17) is 14.2 Å². The van der Waals surface area contributed by atoms with Crippen molar-refractivity contribution in [2.24, 2.45) is 5.41 Å². The van der Waals surface area contributed by atoms with Crippen LogP contribution in [-0.4, -0.2) is 45.9 Å². The Kier molecular flexibility index (Phi) is 10.5. The zero-order valence-corrected chi connectivity index (χ0v) is 11.2. The van der Waals surface area contributed by atoms with Gasteiger partial charge in [0, 0.05) is 5.41 Å². The smallest absolute Gasteiger partial charge is 0.145 e. The van der Waals surface area contributed by atoms with Crippen molar-refractivity contribution in [3.63, 3.8) is 0 Å². The molecule has 0 atom stereocenters. The third-order valence-corrected chi connectivity index (χ3v) is 2.63. The van der Waals surface area contributed by atoms with Crippen LogP contribution in [0.3, 0.4) is 0 Å². The average molecular weight is 256 g/mol. The molecule has 0 heterocycles. The maximum atomic E-state index is 10.3. The van der Waals surface area contributed by atoms with Crippen LogP contribution >= 0.6 is 0 Å². The molecule has 0 amide bonds. The van der Waals surface area contributed by atoms with Crippen LogP contribution in [0.25, 0.3) is 0 Å². The molecule has 0 aromatic carbocycles. The molecular formula is C14H24O4. The Hall–Kier alpha value is -0.970. The zero-order valence-electron chi connectivity index (χ0n) is 11.2. The van der Waals surface area contributed by atoms with Crippen LogP contribution in [0.1, 0.15) is 13.3 Å². The largest absolute Gasteiger partial charge is 0.377 e. The third-order valence-electron chi connectivity index (χ3n) is 2.63. The Morgan fingerprint density at radius 3 is 1.72 bits per heavy atom. The lowest BCUT2D eigenvalue weighted by Crippen LogP contribution is -2.37. The molecular weight excluding hydrogens is 232 g/mol. The van der Waals surface area contributed by atoms with Gasteiger partial charge < -0.3 is 19.0 Å². The quantitative estimate of drug-likeness (QED) is 0.287. The van der Waals surface area contributed by atoms with E-state index in [1.165, 1.54) is 0 Å². The third kappa shape index (κ3) is 7.37. The Morgan fingerprint density at radius 1 is 0.944 bits per heavy atom. The van der Waals surface area contributed by atoms with Gasteiger partial charge in [0.05, 0.1) is 33.0 Å². The lowest BCUT2D eigenvalue weighted by molar-refractivity contribution is -0.115. The zero-order chi connectivity index (χ0) is 13.7. The van der Waals surface area contributed by atoms with Crippen molar-refractivity contribution in [3.05, 3.63) is 25.3 Å². The molecule has 104 valence electrons. The lowest BCUT2D eigenvalue weighted by atomic mass is 9.88.